The zero-order chi connectivity index (χ0) is 13.1. The monoisotopic (exact) mass is 249 g/mol. The summed E-state index contributed by atoms with van der Waals surface area (Å²) in [4.78, 5) is 0. The van der Waals surface area contributed by atoms with Crippen molar-refractivity contribution in [1.82, 2.24) is 5.06 Å². The molecule has 0 aromatic rings. The Morgan fingerprint density at radius 3 is 1.88 bits per heavy atom. The molecule has 0 N–H and O–H groups in total. The summed E-state index contributed by atoms with van der Waals surface area (Å²) >= 11 is 0. The van der Waals surface area contributed by atoms with Crippen LogP contribution in [0.25, 0.3) is 0 Å². The quantitative estimate of drug-likeness (QED) is 0.565. The summed E-state index contributed by atoms with van der Waals surface area (Å²) in [5.41, 5.74) is -0.947. The van der Waals surface area contributed by atoms with Gasteiger partial charge in [0.25, 0.3) is 5.78 Å². The summed E-state index contributed by atoms with van der Waals surface area (Å²) in [6.45, 7) is 13.3. The van der Waals surface area contributed by atoms with Crippen molar-refractivity contribution >= 4 is 8.03 Å². The van der Waals surface area contributed by atoms with E-state index in [0.29, 0.717) is 6.61 Å². The third-order valence-corrected chi connectivity index (χ3v) is 4.01. The highest BCUT2D eigenvalue weighted by Gasteiger charge is 2.51. The average Bonchev–Trinajstić information content (AvgIpc) is 1.99. The highest BCUT2D eigenvalue weighted by molar-refractivity contribution is 7.40. The number of rotatable bonds is 4. The second-order valence-corrected chi connectivity index (χ2v) is 7.26. The molecule has 0 spiro atoms. The van der Waals surface area contributed by atoms with Crippen molar-refractivity contribution in [2.24, 2.45) is 5.41 Å². The zero-order valence-electron chi connectivity index (χ0n) is 11.4. The fraction of sp³-hybridized carbons (Fsp3) is 1.00. The molecule has 0 rings (SSSR count). The standard InChI is InChI=1S/C11H24NO3P/c1-8-15-16(14)9(10(2,3)4)12(13)11(5,6)7/h9H,8H2,1-7H3/q+1. The van der Waals surface area contributed by atoms with Gasteiger partial charge in [-0.05, 0) is 32.3 Å². The van der Waals surface area contributed by atoms with Crippen molar-refractivity contribution in [3.8, 4) is 0 Å². The van der Waals surface area contributed by atoms with Crippen molar-refractivity contribution < 1.29 is 14.3 Å². The van der Waals surface area contributed by atoms with Crippen molar-refractivity contribution in [2.45, 2.75) is 59.8 Å². The van der Waals surface area contributed by atoms with Crippen molar-refractivity contribution in [3.63, 3.8) is 0 Å². The van der Waals surface area contributed by atoms with E-state index >= 15 is 0 Å². The Morgan fingerprint density at radius 1 is 1.19 bits per heavy atom. The molecule has 0 saturated heterocycles. The molecule has 2 atom stereocenters. The molecule has 0 saturated carbocycles. The van der Waals surface area contributed by atoms with Gasteiger partial charge in [0.1, 0.15) is 0 Å². The molecule has 0 heterocycles. The second kappa shape index (κ2) is 5.54. The lowest BCUT2D eigenvalue weighted by atomic mass is 9.94. The molecule has 4 nitrogen and oxygen atoms in total. The van der Waals surface area contributed by atoms with Crippen LogP contribution >= 0.6 is 8.03 Å². The molecule has 1 radical (unpaired) electrons. The van der Waals surface area contributed by atoms with Gasteiger partial charge in [-0.15, -0.1) is 9.73 Å². The smallest absolute Gasteiger partial charge is 0.145 e. The minimum atomic E-state index is -1.97. The van der Waals surface area contributed by atoms with Crippen molar-refractivity contribution in [1.29, 1.82) is 0 Å². The minimum Gasteiger partial charge on any atom is -0.145 e. The molecule has 5 heteroatoms. The molecule has 2 unspecified atom stereocenters. The maximum absolute atomic E-state index is 12.2. The van der Waals surface area contributed by atoms with E-state index in [1.54, 1.807) is 6.92 Å². The molecular formula is C11H24NO3P+. The summed E-state index contributed by atoms with van der Waals surface area (Å²) in [5.74, 6) is -0.623. The molecule has 0 aromatic carbocycles. The van der Waals surface area contributed by atoms with E-state index in [9.17, 15) is 9.77 Å². The van der Waals surface area contributed by atoms with Gasteiger partial charge in [-0.1, -0.05) is 25.8 Å². The molecule has 16 heavy (non-hydrogen) atoms. The summed E-state index contributed by atoms with van der Waals surface area (Å²) in [5, 5.41) is 13.1. The van der Waals surface area contributed by atoms with Gasteiger partial charge in [0.2, 0.25) is 0 Å². The molecular weight excluding hydrogens is 225 g/mol. The van der Waals surface area contributed by atoms with E-state index in [0.717, 1.165) is 5.06 Å². The first-order chi connectivity index (χ1) is 7.01. The number of hydroxylamine groups is 2. The molecule has 0 amide bonds. The van der Waals surface area contributed by atoms with Gasteiger partial charge in [0.15, 0.2) is 0 Å². The number of hydrogen-bond acceptors (Lipinski definition) is 3. The maximum atomic E-state index is 12.2. The van der Waals surface area contributed by atoms with Crippen LogP contribution in [0.2, 0.25) is 0 Å². The third kappa shape index (κ3) is 4.46. The van der Waals surface area contributed by atoms with Gasteiger partial charge >= 0.3 is 8.03 Å². The maximum Gasteiger partial charge on any atom is 0.530 e. The first-order valence-electron chi connectivity index (χ1n) is 5.57. The fourth-order valence-electron chi connectivity index (χ4n) is 1.32. The van der Waals surface area contributed by atoms with Gasteiger partial charge in [-0.3, -0.25) is 0 Å². The van der Waals surface area contributed by atoms with Crippen LogP contribution in [-0.4, -0.2) is 23.0 Å². The summed E-state index contributed by atoms with van der Waals surface area (Å²) in [6, 6.07) is 0. The van der Waals surface area contributed by atoms with Gasteiger partial charge in [-0.2, -0.15) is 0 Å². The van der Waals surface area contributed by atoms with Gasteiger partial charge < -0.3 is 0 Å². The molecule has 95 valence electrons. The third-order valence-electron chi connectivity index (χ3n) is 2.11. The van der Waals surface area contributed by atoms with Crippen LogP contribution in [0.3, 0.4) is 0 Å². The number of hydrogen-bond donors (Lipinski definition) is 0. The van der Waals surface area contributed by atoms with Crippen LogP contribution in [0.5, 0.6) is 0 Å². The molecule has 0 fully saturated rings. The van der Waals surface area contributed by atoms with Crippen molar-refractivity contribution in [3.05, 3.63) is 0 Å². The minimum absolute atomic E-state index is 0.361. The predicted octanol–water partition coefficient (Wildman–Crippen LogP) is 3.58. The van der Waals surface area contributed by atoms with Gasteiger partial charge in [-0.25, -0.2) is 0 Å². The SMILES string of the molecule is CCO[P+](=O)C(N([O])C(C)(C)C)C(C)(C)C. The zero-order valence-corrected chi connectivity index (χ0v) is 12.3. The Labute approximate surface area is 99.8 Å². The molecule has 0 aliphatic heterocycles. The Hall–Kier alpha value is -0.0200. The Balaban J connectivity index is 5.04. The topological polar surface area (TPSA) is 49.4 Å². The van der Waals surface area contributed by atoms with Crippen LogP contribution < -0.4 is 0 Å². The van der Waals surface area contributed by atoms with Crippen LogP contribution in [0.4, 0.5) is 0 Å². The molecule has 0 aliphatic carbocycles. The predicted molar refractivity (Wildman–Crippen MR) is 64.8 cm³/mol. The van der Waals surface area contributed by atoms with Crippen LogP contribution in [0.15, 0.2) is 0 Å². The van der Waals surface area contributed by atoms with E-state index in [1.807, 2.05) is 41.5 Å². The Kier molecular flexibility index (Phi) is 5.54. The Morgan fingerprint density at radius 2 is 1.62 bits per heavy atom. The second-order valence-electron chi connectivity index (χ2n) is 5.94. The molecule has 0 aromatic heterocycles. The average molecular weight is 249 g/mol. The lowest BCUT2D eigenvalue weighted by Gasteiger charge is -2.33. The van der Waals surface area contributed by atoms with Crippen molar-refractivity contribution in [2.75, 3.05) is 6.61 Å². The first-order valence-corrected chi connectivity index (χ1v) is 6.82. The van der Waals surface area contributed by atoms with Crippen LogP contribution in [0, 0.1) is 5.41 Å². The summed E-state index contributed by atoms with van der Waals surface area (Å²) in [6.07, 6.45) is 0. The highest BCUT2D eigenvalue weighted by Crippen LogP contribution is 2.44. The molecule has 0 aliphatic rings. The van der Waals surface area contributed by atoms with E-state index in [1.165, 1.54) is 0 Å². The largest absolute Gasteiger partial charge is 0.530 e. The van der Waals surface area contributed by atoms with Gasteiger partial charge in [0.05, 0.1) is 6.61 Å². The van der Waals surface area contributed by atoms with Crippen LogP contribution in [-0.2, 0) is 14.3 Å². The van der Waals surface area contributed by atoms with E-state index in [2.05, 4.69) is 0 Å². The van der Waals surface area contributed by atoms with E-state index in [4.69, 9.17) is 4.52 Å². The van der Waals surface area contributed by atoms with Crippen LogP contribution in [0.1, 0.15) is 48.5 Å². The molecule has 0 bridgehead atoms. The lowest BCUT2D eigenvalue weighted by Crippen LogP contribution is -2.48. The first kappa shape index (κ1) is 16.0. The normalized spacial score (nSPS) is 16.4. The number of nitrogens with zero attached hydrogens (tertiary/aromatic N) is 1. The Bertz CT molecular complexity index is 243. The lowest BCUT2D eigenvalue weighted by molar-refractivity contribution is -0.238. The summed E-state index contributed by atoms with van der Waals surface area (Å²) in [7, 11) is -1.97. The van der Waals surface area contributed by atoms with E-state index in [-0.39, 0.29) is 5.41 Å². The summed E-state index contributed by atoms with van der Waals surface area (Å²) < 4.78 is 17.1. The fourth-order valence-corrected chi connectivity index (χ4v) is 2.86. The van der Waals surface area contributed by atoms with E-state index < -0.39 is 19.3 Å². The van der Waals surface area contributed by atoms with Gasteiger partial charge in [0, 0.05) is 11.0 Å². The highest BCUT2D eigenvalue weighted by atomic mass is 31.1.